The standard InChI is InChI=1S/C14H16N2O3/c17-13-6-5-11(15-13)14(18)16-10-7-8-19-12-4-2-1-3-9(10)12/h1-4,10-11H,5-8H2,(H,15,17)(H,16,18). The maximum atomic E-state index is 12.1. The van der Waals surface area contributed by atoms with Crippen molar-refractivity contribution in [3.63, 3.8) is 0 Å². The number of carbonyl (C=O) groups is 2. The lowest BCUT2D eigenvalue weighted by atomic mass is 10.00. The number of amides is 2. The van der Waals surface area contributed by atoms with E-state index in [2.05, 4.69) is 10.6 Å². The van der Waals surface area contributed by atoms with Gasteiger partial charge in [-0.2, -0.15) is 0 Å². The lowest BCUT2D eigenvalue weighted by Gasteiger charge is -2.27. The fourth-order valence-corrected chi connectivity index (χ4v) is 2.58. The number of nitrogens with one attached hydrogen (secondary N) is 2. The molecule has 0 saturated carbocycles. The molecule has 5 heteroatoms. The Morgan fingerprint density at radius 2 is 2.16 bits per heavy atom. The first-order valence-electron chi connectivity index (χ1n) is 6.55. The Labute approximate surface area is 111 Å². The highest BCUT2D eigenvalue weighted by molar-refractivity contribution is 5.91. The number of hydrogen-bond acceptors (Lipinski definition) is 3. The summed E-state index contributed by atoms with van der Waals surface area (Å²) in [7, 11) is 0. The molecule has 1 aromatic rings. The summed E-state index contributed by atoms with van der Waals surface area (Å²) in [5.74, 6) is 0.676. The topological polar surface area (TPSA) is 67.4 Å². The van der Waals surface area contributed by atoms with E-state index < -0.39 is 0 Å². The first-order chi connectivity index (χ1) is 9.24. The van der Waals surface area contributed by atoms with Crippen molar-refractivity contribution in [2.24, 2.45) is 0 Å². The summed E-state index contributed by atoms with van der Waals surface area (Å²) in [4.78, 5) is 23.2. The third-order valence-corrected chi connectivity index (χ3v) is 3.59. The molecule has 0 spiro atoms. The maximum absolute atomic E-state index is 12.1. The molecule has 0 radical (unpaired) electrons. The molecule has 2 amide bonds. The first kappa shape index (κ1) is 12.0. The summed E-state index contributed by atoms with van der Waals surface area (Å²) in [6, 6.07) is 7.31. The molecule has 2 atom stereocenters. The minimum absolute atomic E-state index is 0.0325. The zero-order chi connectivity index (χ0) is 13.2. The second-order valence-corrected chi connectivity index (χ2v) is 4.89. The summed E-state index contributed by atoms with van der Waals surface area (Å²) < 4.78 is 5.56. The van der Waals surface area contributed by atoms with Gasteiger partial charge in [-0.1, -0.05) is 18.2 Å². The van der Waals surface area contributed by atoms with Crippen molar-refractivity contribution >= 4 is 11.8 Å². The van der Waals surface area contributed by atoms with E-state index in [0.29, 0.717) is 19.4 Å². The van der Waals surface area contributed by atoms with Gasteiger partial charge in [0.25, 0.3) is 0 Å². The van der Waals surface area contributed by atoms with Crippen LogP contribution in [0.5, 0.6) is 5.75 Å². The molecule has 0 bridgehead atoms. The molecule has 5 nitrogen and oxygen atoms in total. The lowest BCUT2D eigenvalue weighted by Crippen LogP contribution is -2.44. The number of ether oxygens (including phenoxy) is 1. The smallest absolute Gasteiger partial charge is 0.243 e. The largest absolute Gasteiger partial charge is 0.493 e. The van der Waals surface area contributed by atoms with Crippen LogP contribution < -0.4 is 15.4 Å². The van der Waals surface area contributed by atoms with Gasteiger partial charge in [0.2, 0.25) is 11.8 Å². The molecule has 1 saturated heterocycles. The van der Waals surface area contributed by atoms with E-state index >= 15 is 0 Å². The first-order valence-corrected chi connectivity index (χ1v) is 6.55. The van der Waals surface area contributed by atoms with E-state index in [9.17, 15) is 9.59 Å². The third-order valence-electron chi connectivity index (χ3n) is 3.59. The van der Waals surface area contributed by atoms with Crippen LogP contribution in [0, 0.1) is 0 Å². The van der Waals surface area contributed by atoms with Crippen LogP contribution in [0.3, 0.4) is 0 Å². The van der Waals surface area contributed by atoms with Gasteiger partial charge in [-0.15, -0.1) is 0 Å². The average Bonchev–Trinajstić information content (AvgIpc) is 2.86. The van der Waals surface area contributed by atoms with Gasteiger partial charge in [0.15, 0.2) is 0 Å². The molecular formula is C14H16N2O3. The van der Waals surface area contributed by atoms with E-state index in [1.807, 2.05) is 24.3 Å². The zero-order valence-electron chi connectivity index (χ0n) is 10.5. The average molecular weight is 260 g/mol. The molecule has 19 heavy (non-hydrogen) atoms. The number of hydrogen-bond donors (Lipinski definition) is 2. The number of fused-ring (bicyclic) bond motifs is 1. The highest BCUT2D eigenvalue weighted by atomic mass is 16.5. The van der Waals surface area contributed by atoms with Gasteiger partial charge in [0.05, 0.1) is 12.6 Å². The van der Waals surface area contributed by atoms with Crippen LogP contribution in [-0.4, -0.2) is 24.5 Å². The van der Waals surface area contributed by atoms with Crippen molar-refractivity contribution in [1.29, 1.82) is 0 Å². The molecule has 3 rings (SSSR count). The molecule has 1 aromatic carbocycles. The highest BCUT2D eigenvalue weighted by Gasteiger charge is 2.30. The van der Waals surface area contributed by atoms with Crippen molar-refractivity contribution in [3.05, 3.63) is 29.8 Å². The van der Waals surface area contributed by atoms with Crippen LogP contribution in [0.25, 0.3) is 0 Å². The maximum Gasteiger partial charge on any atom is 0.243 e. The molecule has 2 aliphatic heterocycles. The van der Waals surface area contributed by atoms with Gasteiger partial charge in [-0.3, -0.25) is 9.59 Å². The van der Waals surface area contributed by atoms with Gasteiger partial charge in [0.1, 0.15) is 11.8 Å². The van der Waals surface area contributed by atoms with Gasteiger partial charge in [0, 0.05) is 18.4 Å². The van der Waals surface area contributed by atoms with Crippen molar-refractivity contribution in [2.45, 2.75) is 31.3 Å². The molecule has 2 aliphatic rings. The Hall–Kier alpha value is -2.04. The lowest BCUT2D eigenvalue weighted by molar-refractivity contribution is -0.126. The van der Waals surface area contributed by atoms with Crippen molar-refractivity contribution in [3.8, 4) is 5.75 Å². The minimum atomic E-state index is -0.387. The van der Waals surface area contributed by atoms with E-state index in [1.54, 1.807) is 0 Å². The fourth-order valence-electron chi connectivity index (χ4n) is 2.58. The summed E-state index contributed by atoms with van der Waals surface area (Å²) in [5, 5.41) is 5.69. The van der Waals surface area contributed by atoms with Gasteiger partial charge < -0.3 is 15.4 Å². The quantitative estimate of drug-likeness (QED) is 0.830. The summed E-state index contributed by atoms with van der Waals surface area (Å²) in [5.41, 5.74) is 1.01. The minimum Gasteiger partial charge on any atom is -0.493 e. The van der Waals surface area contributed by atoms with E-state index in [4.69, 9.17) is 4.74 Å². The Bertz CT molecular complexity index is 515. The SMILES string of the molecule is O=C1CCC(C(=O)NC2CCOc3ccccc32)N1. The number of para-hydroxylation sites is 1. The van der Waals surface area contributed by atoms with Crippen molar-refractivity contribution in [2.75, 3.05) is 6.61 Å². The monoisotopic (exact) mass is 260 g/mol. The molecule has 2 heterocycles. The van der Waals surface area contributed by atoms with Crippen molar-refractivity contribution < 1.29 is 14.3 Å². The molecule has 1 fully saturated rings. The Kier molecular flexibility index (Phi) is 3.11. The van der Waals surface area contributed by atoms with Crippen LogP contribution in [0.15, 0.2) is 24.3 Å². The molecular weight excluding hydrogens is 244 g/mol. The number of rotatable bonds is 2. The number of carbonyl (C=O) groups excluding carboxylic acids is 2. The second kappa shape index (κ2) is 4.91. The molecule has 2 N–H and O–H groups in total. The van der Waals surface area contributed by atoms with E-state index in [-0.39, 0.29) is 23.9 Å². The second-order valence-electron chi connectivity index (χ2n) is 4.89. The summed E-state index contributed by atoms with van der Waals surface area (Å²) >= 11 is 0. The third kappa shape index (κ3) is 2.41. The molecule has 2 unspecified atom stereocenters. The predicted octanol–water partition coefficient (Wildman–Crippen LogP) is 0.905. The summed E-state index contributed by atoms with van der Waals surface area (Å²) in [6.07, 6.45) is 1.77. The molecule has 0 aliphatic carbocycles. The van der Waals surface area contributed by atoms with Crippen LogP contribution in [-0.2, 0) is 9.59 Å². The van der Waals surface area contributed by atoms with Crippen LogP contribution in [0.1, 0.15) is 30.9 Å². The normalized spacial score (nSPS) is 25.2. The number of benzene rings is 1. The fraction of sp³-hybridized carbons (Fsp3) is 0.429. The van der Waals surface area contributed by atoms with E-state index in [0.717, 1.165) is 17.7 Å². The Morgan fingerprint density at radius 3 is 2.95 bits per heavy atom. The Balaban J connectivity index is 1.71. The van der Waals surface area contributed by atoms with Crippen molar-refractivity contribution in [1.82, 2.24) is 10.6 Å². The van der Waals surface area contributed by atoms with E-state index in [1.165, 1.54) is 0 Å². The summed E-state index contributed by atoms with van der Waals surface area (Å²) in [6.45, 7) is 0.596. The van der Waals surface area contributed by atoms with Gasteiger partial charge in [-0.25, -0.2) is 0 Å². The Morgan fingerprint density at radius 1 is 1.32 bits per heavy atom. The highest BCUT2D eigenvalue weighted by Crippen LogP contribution is 2.31. The zero-order valence-corrected chi connectivity index (χ0v) is 10.5. The van der Waals surface area contributed by atoms with Crippen LogP contribution in [0.2, 0.25) is 0 Å². The predicted molar refractivity (Wildman–Crippen MR) is 68.6 cm³/mol. The van der Waals surface area contributed by atoms with Crippen LogP contribution in [0.4, 0.5) is 0 Å². The molecule has 0 aromatic heterocycles. The van der Waals surface area contributed by atoms with Gasteiger partial charge in [-0.05, 0) is 12.5 Å². The van der Waals surface area contributed by atoms with Gasteiger partial charge >= 0.3 is 0 Å². The van der Waals surface area contributed by atoms with Crippen LogP contribution >= 0.6 is 0 Å². The molecule has 100 valence electrons.